The van der Waals surface area contributed by atoms with Gasteiger partial charge in [0.1, 0.15) is 11.6 Å². The van der Waals surface area contributed by atoms with E-state index in [1.165, 1.54) is 25.3 Å². The van der Waals surface area contributed by atoms with Crippen molar-refractivity contribution in [2.75, 3.05) is 12.4 Å². The first-order valence-electron chi connectivity index (χ1n) is 8.08. The first-order chi connectivity index (χ1) is 12.8. The number of methoxy groups -OCH3 is 1. The molecule has 0 atom stereocenters. The Hall–Kier alpha value is -3.11. The van der Waals surface area contributed by atoms with E-state index in [9.17, 15) is 14.4 Å². The standard InChI is InChI=1S/C19H18ClN3O4/c1-10-13(11(2)22-18(25)14(10)9-21)5-7-17(24)23-16-8-12(19(26)27-3)4-6-15(16)20/h4,6,8H,5,7H2,1-3H3,(H,22,25)(H,23,24). The summed E-state index contributed by atoms with van der Waals surface area (Å²) in [6.45, 7) is 3.41. The predicted octanol–water partition coefficient (Wildman–Crippen LogP) is 2.87. The van der Waals surface area contributed by atoms with Gasteiger partial charge in [0.15, 0.2) is 0 Å². The Morgan fingerprint density at radius 1 is 1.33 bits per heavy atom. The Labute approximate surface area is 160 Å². The molecule has 0 bridgehead atoms. The summed E-state index contributed by atoms with van der Waals surface area (Å²) in [6.07, 6.45) is 0.445. The van der Waals surface area contributed by atoms with Crippen LogP contribution in [0, 0.1) is 25.2 Å². The van der Waals surface area contributed by atoms with Gasteiger partial charge in [0.05, 0.1) is 23.4 Å². The highest BCUT2D eigenvalue weighted by Gasteiger charge is 2.15. The number of anilines is 1. The molecule has 7 nitrogen and oxygen atoms in total. The lowest BCUT2D eigenvalue weighted by atomic mass is 9.99. The molecule has 0 spiro atoms. The summed E-state index contributed by atoms with van der Waals surface area (Å²) in [5, 5.41) is 12.1. The normalized spacial score (nSPS) is 10.2. The van der Waals surface area contributed by atoms with E-state index < -0.39 is 11.5 Å². The third-order valence-corrected chi connectivity index (χ3v) is 4.51. The minimum Gasteiger partial charge on any atom is -0.465 e. The maximum absolute atomic E-state index is 12.3. The molecular weight excluding hydrogens is 370 g/mol. The molecule has 2 aromatic rings. The molecule has 140 valence electrons. The summed E-state index contributed by atoms with van der Waals surface area (Å²) >= 11 is 6.07. The fraction of sp³-hybridized carbons (Fsp3) is 0.263. The lowest BCUT2D eigenvalue weighted by Gasteiger charge is -2.12. The number of aryl methyl sites for hydroxylation is 1. The van der Waals surface area contributed by atoms with E-state index in [2.05, 4.69) is 15.0 Å². The zero-order chi connectivity index (χ0) is 20.1. The Morgan fingerprint density at radius 3 is 2.67 bits per heavy atom. The van der Waals surface area contributed by atoms with Gasteiger partial charge in [-0.15, -0.1) is 0 Å². The van der Waals surface area contributed by atoms with Crippen molar-refractivity contribution in [2.45, 2.75) is 26.7 Å². The van der Waals surface area contributed by atoms with Crippen LogP contribution in [-0.4, -0.2) is 24.0 Å². The average Bonchev–Trinajstić information content (AvgIpc) is 2.62. The highest BCUT2D eigenvalue weighted by molar-refractivity contribution is 6.33. The highest BCUT2D eigenvalue weighted by atomic mass is 35.5. The molecule has 0 saturated heterocycles. The molecule has 1 aromatic heterocycles. The first kappa shape index (κ1) is 20.2. The van der Waals surface area contributed by atoms with Crippen LogP contribution in [0.5, 0.6) is 0 Å². The van der Waals surface area contributed by atoms with Crippen LogP contribution in [0.25, 0.3) is 0 Å². The van der Waals surface area contributed by atoms with Gasteiger partial charge in [-0.05, 0) is 49.6 Å². The molecule has 1 heterocycles. The average molecular weight is 388 g/mol. The van der Waals surface area contributed by atoms with Crippen LogP contribution < -0.4 is 10.9 Å². The van der Waals surface area contributed by atoms with Crippen molar-refractivity contribution in [2.24, 2.45) is 0 Å². The maximum Gasteiger partial charge on any atom is 0.337 e. The van der Waals surface area contributed by atoms with Crippen molar-refractivity contribution < 1.29 is 14.3 Å². The Balaban J connectivity index is 2.16. The number of halogens is 1. The minimum absolute atomic E-state index is 0.0461. The number of hydrogen-bond acceptors (Lipinski definition) is 5. The molecule has 0 aliphatic rings. The Bertz CT molecular complexity index is 1010. The molecule has 0 radical (unpaired) electrons. The smallest absolute Gasteiger partial charge is 0.337 e. The number of H-pyrrole nitrogens is 1. The van der Waals surface area contributed by atoms with E-state index in [-0.39, 0.29) is 23.5 Å². The molecular formula is C19H18ClN3O4. The van der Waals surface area contributed by atoms with Crippen molar-refractivity contribution >= 4 is 29.2 Å². The van der Waals surface area contributed by atoms with Gasteiger partial charge >= 0.3 is 5.97 Å². The molecule has 0 fully saturated rings. The summed E-state index contributed by atoms with van der Waals surface area (Å²) in [7, 11) is 1.26. The van der Waals surface area contributed by atoms with Crippen molar-refractivity contribution in [3.63, 3.8) is 0 Å². The second kappa shape index (κ2) is 8.52. The molecule has 2 rings (SSSR count). The number of nitrogens with one attached hydrogen (secondary N) is 2. The predicted molar refractivity (Wildman–Crippen MR) is 101 cm³/mol. The van der Waals surface area contributed by atoms with Crippen molar-refractivity contribution in [1.82, 2.24) is 4.98 Å². The number of carbonyl (C=O) groups excluding carboxylic acids is 2. The van der Waals surface area contributed by atoms with Gasteiger partial charge in [-0.1, -0.05) is 11.6 Å². The van der Waals surface area contributed by atoms with Gasteiger partial charge in [-0.2, -0.15) is 5.26 Å². The molecule has 8 heteroatoms. The number of benzene rings is 1. The van der Waals surface area contributed by atoms with E-state index in [0.717, 1.165) is 5.56 Å². The maximum atomic E-state index is 12.3. The van der Waals surface area contributed by atoms with Gasteiger partial charge in [-0.25, -0.2) is 4.79 Å². The first-order valence-corrected chi connectivity index (χ1v) is 8.46. The van der Waals surface area contributed by atoms with Crippen LogP contribution in [0.3, 0.4) is 0 Å². The fourth-order valence-corrected chi connectivity index (χ4v) is 2.90. The number of ether oxygens (including phenoxy) is 1. The zero-order valence-electron chi connectivity index (χ0n) is 15.1. The molecule has 27 heavy (non-hydrogen) atoms. The fourth-order valence-electron chi connectivity index (χ4n) is 2.74. The van der Waals surface area contributed by atoms with Crippen molar-refractivity contribution in [1.29, 1.82) is 5.26 Å². The number of pyridine rings is 1. The molecule has 0 saturated carbocycles. The highest BCUT2D eigenvalue weighted by Crippen LogP contribution is 2.24. The van der Waals surface area contributed by atoms with Crippen LogP contribution >= 0.6 is 11.6 Å². The molecule has 2 N–H and O–H groups in total. The summed E-state index contributed by atoms with van der Waals surface area (Å²) in [4.78, 5) is 38.3. The molecule has 1 aromatic carbocycles. The SMILES string of the molecule is COC(=O)c1ccc(Cl)c(NC(=O)CCc2c(C)[nH]c(=O)c(C#N)c2C)c1. The van der Waals surface area contributed by atoms with Gasteiger partial charge in [0.2, 0.25) is 5.91 Å². The van der Waals surface area contributed by atoms with Crippen LogP contribution in [0.4, 0.5) is 5.69 Å². The number of nitriles is 1. The largest absolute Gasteiger partial charge is 0.465 e. The number of rotatable bonds is 5. The molecule has 0 aliphatic carbocycles. The summed E-state index contributed by atoms with van der Waals surface area (Å²) < 4.78 is 4.65. The molecule has 0 unspecified atom stereocenters. The molecule has 1 amide bonds. The number of aromatic amines is 1. The summed E-state index contributed by atoms with van der Waals surface area (Å²) in [6, 6.07) is 6.32. The summed E-state index contributed by atoms with van der Waals surface area (Å²) in [5.41, 5.74) is 2.11. The minimum atomic E-state index is -0.536. The molecule has 0 aliphatic heterocycles. The third-order valence-electron chi connectivity index (χ3n) is 4.18. The second-order valence-electron chi connectivity index (χ2n) is 5.90. The Kier molecular flexibility index (Phi) is 6.37. The Morgan fingerprint density at radius 2 is 2.04 bits per heavy atom. The van der Waals surface area contributed by atoms with Crippen LogP contribution in [0.2, 0.25) is 5.02 Å². The number of aromatic nitrogens is 1. The zero-order valence-corrected chi connectivity index (χ0v) is 15.9. The van der Waals surface area contributed by atoms with Crippen molar-refractivity contribution in [3.8, 4) is 6.07 Å². The number of esters is 1. The van der Waals surface area contributed by atoms with Crippen LogP contribution in [0.1, 0.15) is 39.2 Å². The van der Waals surface area contributed by atoms with E-state index in [1.807, 2.05) is 6.07 Å². The number of nitrogens with zero attached hydrogens (tertiary/aromatic N) is 1. The van der Waals surface area contributed by atoms with E-state index >= 15 is 0 Å². The number of amides is 1. The van der Waals surface area contributed by atoms with Gasteiger partial charge in [0.25, 0.3) is 5.56 Å². The third kappa shape index (κ3) is 4.54. The van der Waals surface area contributed by atoms with Gasteiger partial charge < -0.3 is 15.0 Å². The number of hydrogen-bond donors (Lipinski definition) is 2. The van der Waals surface area contributed by atoms with Gasteiger partial charge in [0, 0.05) is 12.1 Å². The van der Waals surface area contributed by atoms with E-state index in [4.69, 9.17) is 16.9 Å². The quantitative estimate of drug-likeness (QED) is 0.766. The van der Waals surface area contributed by atoms with Crippen LogP contribution in [-0.2, 0) is 16.0 Å². The number of carbonyl (C=O) groups is 2. The lowest BCUT2D eigenvalue weighted by molar-refractivity contribution is -0.116. The van der Waals surface area contributed by atoms with Gasteiger partial charge in [-0.3, -0.25) is 9.59 Å². The second-order valence-corrected chi connectivity index (χ2v) is 6.31. The topological polar surface area (TPSA) is 112 Å². The van der Waals surface area contributed by atoms with Crippen molar-refractivity contribution in [3.05, 3.63) is 61.5 Å². The van der Waals surface area contributed by atoms with E-state index in [1.54, 1.807) is 13.8 Å². The van der Waals surface area contributed by atoms with E-state index in [0.29, 0.717) is 28.4 Å². The lowest BCUT2D eigenvalue weighted by Crippen LogP contribution is -2.18. The summed E-state index contributed by atoms with van der Waals surface area (Å²) in [5.74, 6) is -0.854. The van der Waals surface area contributed by atoms with Crippen LogP contribution in [0.15, 0.2) is 23.0 Å². The monoisotopic (exact) mass is 387 g/mol.